The van der Waals surface area contributed by atoms with E-state index in [9.17, 15) is 8.78 Å². The molecule has 28 heavy (non-hydrogen) atoms. The van der Waals surface area contributed by atoms with Crippen molar-refractivity contribution in [2.24, 2.45) is 4.99 Å². The normalized spacial score (nSPS) is 16.9. The number of aliphatic imine (C=N–C) groups is 1. The fraction of sp³-hybridized carbons (Fsp3) is 0.381. The highest BCUT2D eigenvalue weighted by atomic mass is 19.1. The van der Waals surface area contributed by atoms with E-state index in [1.54, 1.807) is 14.2 Å². The van der Waals surface area contributed by atoms with Crippen LogP contribution in [0.25, 0.3) is 0 Å². The first-order valence-electron chi connectivity index (χ1n) is 9.40. The molecule has 0 bridgehead atoms. The molecule has 0 amide bonds. The van der Waals surface area contributed by atoms with Gasteiger partial charge in [-0.1, -0.05) is 18.2 Å². The smallest absolute Gasteiger partial charge is 0.191 e. The van der Waals surface area contributed by atoms with Gasteiger partial charge in [0.25, 0.3) is 0 Å². The van der Waals surface area contributed by atoms with Crippen molar-refractivity contribution in [2.45, 2.75) is 18.9 Å². The maximum absolute atomic E-state index is 13.7. The lowest BCUT2D eigenvalue weighted by atomic mass is 10.1. The van der Waals surface area contributed by atoms with Crippen molar-refractivity contribution < 1.29 is 13.5 Å². The van der Waals surface area contributed by atoms with E-state index in [2.05, 4.69) is 26.6 Å². The van der Waals surface area contributed by atoms with Crippen LogP contribution in [0.2, 0.25) is 0 Å². The Bertz CT molecular complexity index is 808. The molecule has 1 aliphatic rings. The number of hydrogen-bond acceptors (Lipinski definition) is 3. The Morgan fingerprint density at radius 1 is 1.18 bits per heavy atom. The van der Waals surface area contributed by atoms with Crippen molar-refractivity contribution >= 4 is 11.6 Å². The summed E-state index contributed by atoms with van der Waals surface area (Å²) >= 11 is 0. The molecule has 1 fully saturated rings. The number of hydrogen-bond donors (Lipinski definition) is 2. The fourth-order valence-corrected chi connectivity index (χ4v) is 3.45. The third kappa shape index (κ3) is 4.71. The Hall–Kier alpha value is -2.83. The Morgan fingerprint density at radius 3 is 2.64 bits per heavy atom. The first-order chi connectivity index (χ1) is 13.6. The van der Waals surface area contributed by atoms with Crippen LogP contribution in [0.15, 0.2) is 47.5 Å². The van der Waals surface area contributed by atoms with Crippen LogP contribution in [0.4, 0.5) is 14.5 Å². The number of anilines is 1. The van der Waals surface area contributed by atoms with Crippen LogP contribution in [0.3, 0.4) is 0 Å². The zero-order valence-corrected chi connectivity index (χ0v) is 16.2. The minimum absolute atomic E-state index is 0.0914. The monoisotopic (exact) mass is 388 g/mol. The predicted molar refractivity (Wildman–Crippen MR) is 108 cm³/mol. The summed E-state index contributed by atoms with van der Waals surface area (Å²) < 4.78 is 32.9. The first kappa shape index (κ1) is 19.9. The molecule has 2 aromatic carbocycles. The highest BCUT2D eigenvalue weighted by Crippen LogP contribution is 2.30. The van der Waals surface area contributed by atoms with Crippen molar-refractivity contribution in [3.63, 3.8) is 0 Å². The lowest BCUT2D eigenvalue weighted by Crippen LogP contribution is -2.45. The third-order valence-corrected chi connectivity index (χ3v) is 4.91. The summed E-state index contributed by atoms with van der Waals surface area (Å²) in [5, 5.41) is 6.53. The van der Waals surface area contributed by atoms with Gasteiger partial charge in [0.05, 0.1) is 12.8 Å². The second-order valence-corrected chi connectivity index (χ2v) is 6.70. The number of ether oxygens (including phenoxy) is 1. The molecule has 150 valence electrons. The number of nitrogens with one attached hydrogen (secondary N) is 2. The van der Waals surface area contributed by atoms with E-state index in [0.717, 1.165) is 30.9 Å². The summed E-state index contributed by atoms with van der Waals surface area (Å²) in [5.74, 6) is 0.446. The van der Waals surface area contributed by atoms with Gasteiger partial charge in [0.1, 0.15) is 17.4 Å². The molecule has 1 heterocycles. The van der Waals surface area contributed by atoms with E-state index in [4.69, 9.17) is 4.74 Å². The molecule has 1 atom stereocenters. The summed E-state index contributed by atoms with van der Waals surface area (Å²) in [6, 6.07) is 12.1. The van der Waals surface area contributed by atoms with Gasteiger partial charge < -0.3 is 20.3 Å². The predicted octanol–water partition coefficient (Wildman–Crippen LogP) is 2.96. The number of benzene rings is 2. The van der Waals surface area contributed by atoms with Gasteiger partial charge in [-0.2, -0.15) is 0 Å². The molecule has 1 unspecified atom stereocenters. The van der Waals surface area contributed by atoms with Crippen molar-refractivity contribution in [3.05, 3.63) is 59.7 Å². The summed E-state index contributed by atoms with van der Waals surface area (Å²) in [5.41, 5.74) is 1.17. The molecule has 2 aromatic rings. The van der Waals surface area contributed by atoms with Crippen LogP contribution in [-0.2, 0) is 6.42 Å². The lowest BCUT2D eigenvalue weighted by molar-refractivity contribution is 0.415. The Balaban J connectivity index is 1.52. The van der Waals surface area contributed by atoms with Gasteiger partial charge >= 0.3 is 0 Å². The number of rotatable bonds is 6. The van der Waals surface area contributed by atoms with Gasteiger partial charge in [0, 0.05) is 38.3 Å². The zero-order valence-electron chi connectivity index (χ0n) is 16.2. The van der Waals surface area contributed by atoms with Crippen LogP contribution in [-0.4, -0.2) is 45.8 Å². The second kappa shape index (κ2) is 9.39. The molecule has 3 rings (SSSR count). The van der Waals surface area contributed by atoms with Crippen LogP contribution in [0.1, 0.15) is 12.0 Å². The van der Waals surface area contributed by atoms with E-state index >= 15 is 0 Å². The van der Waals surface area contributed by atoms with Crippen molar-refractivity contribution in [3.8, 4) is 5.75 Å². The van der Waals surface area contributed by atoms with E-state index in [1.165, 1.54) is 18.2 Å². The summed E-state index contributed by atoms with van der Waals surface area (Å²) in [7, 11) is 3.36. The summed E-state index contributed by atoms with van der Waals surface area (Å²) in [4.78, 5) is 6.50. The molecule has 1 saturated heterocycles. The third-order valence-electron chi connectivity index (χ3n) is 4.91. The average molecular weight is 388 g/mol. The van der Waals surface area contributed by atoms with Gasteiger partial charge in [0.2, 0.25) is 0 Å². The lowest BCUT2D eigenvalue weighted by Gasteiger charge is -2.22. The number of para-hydroxylation sites is 2. The molecule has 7 heteroatoms. The van der Waals surface area contributed by atoms with Gasteiger partial charge in [-0.25, -0.2) is 8.78 Å². The van der Waals surface area contributed by atoms with Gasteiger partial charge in [-0.3, -0.25) is 4.99 Å². The second-order valence-electron chi connectivity index (χ2n) is 6.70. The van der Waals surface area contributed by atoms with Crippen molar-refractivity contribution in [1.82, 2.24) is 10.6 Å². The Labute approximate surface area is 164 Å². The molecule has 0 aromatic heterocycles. The Morgan fingerprint density at radius 2 is 1.93 bits per heavy atom. The molecule has 1 aliphatic heterocycles. The average Bonchev–Trinajstić information content (AvgIpc) is 3.17. The zero-order chi connectivity index (χ0) is 19.9. The molecular formula is C21H26F2N4O. The first-order valence-corrected chi connectivity index (χ1v) is 9.40. The van der Waals surface area contributed by atoms with E-state index < -0.39 is 11.6 Å². The maximum Gasteiger partial charge on any atom is 0.191 e. The maximum atomic E-state index is 13.7. The largest absolute Gasteiger partial charge is 0.495 e. The molecule has 0 spiro atoms. The minimum Gasteiger partial charge on any atom is -0.495 e. The van der Waals surface area contributed by atoms with Crippen LogP contribution < -0.4 is 20.3 Å². The standard InChI is InChI=1S/C21H26F2N4O/c1-24-21(25-12-10-16-17(22)6-5-7-18(16)23)26-15-11-13-27(14-15)19-8-3-4-9-20(19)28-2/h3-9,15H,10-14H2,1-2H3,(H2,24,25,26). The quantitative estimate of drug-likeness (QED) is 0.590. The molecular weight excluding hydrogens is 362 g/mol. The topological polar surface area (TPSA) is 48.9 Å². The Kier molecular flexibility index (Phi) is 6.68. The summed E-state index contributed by atoms with van der Waals surface area (Å²) in [6.45, 7) is 2.12. The van der Waals surface area contributed by atoms with Crippen LogP contribution in [0.5, 0.6) is 5.75 Å². The fourth-order valence-electron chi connectivity index (χ4n) is 3.45. The van der Waals surface area contributed by atoms with E-state index in [-0.39, 0.29) is 18.0 Å². The number of methoxy groups -OCH3 is 1. The van der Waals surface area contributed by atoms with Crippen molar-refractivity contribution in [1.29, 1.82) is 0 Å². The molecule has 0 saturated carbocycles. The SMILES string of the molecule is CN=C(NCCc1c(F)cccc1F)NC1CCN(c2ccccc2OC)C1. The van der Waals surface area contributed by atoms with Crippen molar-refractivity contribution in [2.75, 3.05) is 38.7 Å². The van der Waals surface area contributed by atoms with Gasteiger partial charge in [0.15, 0.2) is 5.96 Å². The van der Waals surface area contributed by atoms with Gasteiger partial charge in [-0.05, 0) is 37.1 Å². The van der Waals surface area contributed by atoms with Crippen LogP contribution in [0, 0.1) is 11.6 Å². The van der Waals surface area contributed by atoms with E-state index in [1.807, 2.05) is 18.2 Å². The highest BCUT2D eigenvalue weighted by Gasteiger charge is 2.25. The number of guanidine groups is 1. The minimum atomic E-state index is -0.520. The molecule has 0 aliphatic carbocycles. The van der Waals surface area contributed by atoms with Crippen LogP contribution >= 0.6 is 0 Å². The highest BCUT2D eigenvalue weighted by molar-refractivity contribution is 5.80. The number of halogens is 2. The van der Waals surface area contributed by atoms with E-state index in [0.29, 0.717) is 12.5 Å². The molecule has 0 radical (unpaired) electrons. The summed E-state index contributed by atoms with van der Waals surface area (Å²) in [6.07, 6.45) is 1.21. The van der Waals surface area contributed by atoms with Gasteiger partial charge in [-0.15, -0.1) is 0 Å². The molecule has 2 N–H and O–H groups in total. The number of nitrogens with zero attached hydrogens (tertiary/aromatic N) is 2. The molecule has 5 nitrogen and oxygen atoms in total.